The van der Waals surface area contributed by atoms with Crippen molar-refractivity contribution < 1.29 is 148 Å². The number of aliphatic carboxylic acids is 1. The summed E-state index contributed by atoms with van der Waals surface area (Å²) < 4.78 is 49.0. The molecule has 0 aliphatic carbocycles. The molecule has 0 unspecified atom stereocenters. The summed E-state index contributed by atoms with van der Waals surface area (Å²) in [7, 11) is 0. The molecule has 81 heavy (non-hydrogen) atoms. The van der Waals surface area contributed by atoms with Crippen LogP contribution in [0.1, 0.15) is 122 Å². The van der Waals surface area contributed by atoms with Gasteiger partial charge in [0.2, 0.25) is 5.91 Å². The summed E-state index contributed by atoms with van der Waals surface area (Å²) in [4.78, 5) is 42.7. The number of nitrogens with zero attached hydrogens (tertiary/aromatic N) is 4. The molecule has 0 aromatic carbocycles. The van der Waals surface area contributed by atoms with E-state index in [4.69, 9.17) is 37.9 Å². The smallest absolute Gasteiger partial charge is 0.862 e. The van der Waals surface area contributed by atoms with E-state index in [2.05, 4.69) is 32.9 Å². The van der Waals surface area contributed by atoms with Crippen molar-refractivity contribution in [3.63, 3.8) is 0 Å². The molecule has 1 aromatic heterocycles. The molecule has 4 aliphatic rings. The molecule has 0 spiro atoms. The number of carbonyl (C=O) groups is 3. The number of aliphatic hydroxyl groups is 11. The maximum atomic E-state index is 13.1. The molecule has 0 saturated carbocycles. The molecule has 2 amide bonds. The molecule has 31 heteroatoms. The van der Waals surface area contributed by atoms with Crippen molar-refractivity contribution in [2.45, 2.75) is 246 Å². The van der Waals surface area contributed by atoms with Gasteiger partial charge in [-0.3, -0.25) is 14.6 Å². The average Bonchev–Trinajstić information content (AvgIpc) is 3.91. The monoisotopic (exact) mass is 1180 g/mol. The summed E-state index contributed by atoms with van der Waals surface area (Å²) in [6, 6.07) is -3.29. The number of hydrogen-bond donors (Lipinski definition) is 14. The summed E-state index contributed by atoms with van der Waals surface area (Å²) in [5.74, 6) is -7.31. The van der Waals surface area contributed by atoms with Crippen LogP contribution < -0.4 is 45.3 Å². The summed E-state index contributed by atoms with van der Waals surface area (Å²) in [6.07, 6.45) is -20.1. The minimum atomic E-state index is -3.17. The maximum absolute atomic E-state index is 13.1. The van der Waals surface area contributed by atoms with Gasteiger partial charge in [-0.2, -0.15) is 0 Å². The zero-order valence-corrected chi connectivity index (χ0v) is 48.6. The number of carboxylic acids is 1. The summed E-state index contributed by atoms with van der Waals surface area (Å²) >= 11 is 0. The molecule has 1 aromatic rings. The van der Waals surface area contributed by atoms with Gasteiger partial charge in [0.1, 0.15) is 91.4 Å². The number of unbranched alkanes of at least 4 members (excludes halogenated alkanes) is 11. The number of aromatic nitrogens is 3. The molecular weight excluding hydrogens is 1090 g/mol. The number of carbonyl (C=O) groups excluding carboxylic acids is 2. The van der Waals surface area contributed by atoms with Crippen molar-refractivity contribution in [1.29, 1.82) is 0 Å². The number of carboxylic acid groups (broad SMARTS) is 1. The first kappa shape index (κ1) is 70.7. The van der Waals surface area contributed by atoms with Gasteiger partial charge in [-0.25, -0.2) is 9.48 Å². The van der Waals surface area contributed by atoms with Crippen molar-refractivity contribution in [2.24, 2.45) is 4.99 Å². The van der Waals surface area contributed by atoms with Gasteiger partial charge in [0, 0.05) is 19.9 Å². The van der Waals surface area contributed by atoms with Crippen molar-refractivity contribution >= 4 is 23.7 Å². The molecule has 4 saturated heterocycles. The van der Waals surface area contributed by atoms with Gasteiger partial charge >= 0.3 is 35.5 Å². The van der Waals surface area contributed by atoms with Gasteiger partial charge in [-0.05, 0) is 26.2 Å². The van der Waals surface area contributed by atoms with Crippen molar-refractivity contribution in [3.05, 3.63) is 11.9 Å². The zero-order chi connectivity index (χ0) is 58.8. The van der Waals surface area contributed by atoms with E-state index in [0.717, 1.165) is 39.5 Å². The Morgan fingerprint density at radius 1 is 0.802 bits per heavy atom. The van der Waals surface area contributed by atoms with Crippen LogP contribution in [0.5, 0.6) is 0 Å². The van der Waals surface area contributed by atoms with E-state index in [1.807, 2.05) is 0 Å². The van der Waals surface area contributed by atoms with Gasteiger partial charge in [0.05, 0.1) is 51.4 Å². The van der Waals surface area contributed by atoms with Crippen LogP contribution in [0.2, 0.25) is 0 Å². The Kier molecular flexibility index (Phi) is 30.1. The van der Waals surface area contributed by atoms with Crippen LogP contribution in [0.3, 0.4) is 0 Å². The third-order valence-corrected chi connectivity index (χ3v) is 14.5. The molecule has 5 rings (SSSR count). The zero-order valence-electron chi connectivity index (χ0n) is 46.6. The van der Waals surface area contributed by atoms with Gasteiger partial charge in [-0.1, -0.05) is 82.8 Å². The first-order valence-corrected chi connectivity index (χ1v) is 27.5. The van der Waals surface area contributed by atoms with E-state index >= 15 is 0 Å². The number of ether oxygens (including phenoxy) is 8. The fourth-order valence-corrected chi connectivity index (χ4v) is 10.1. The van der Waals surface area contributed by atoms with Gasteiger partial charge in [0.15, 0.2) is 24.6 Å². The van der Waals surface area contributed by atoms with Crippen molar-refractivity contribution in [3.8, 4) is 0 Å². The van der Waals surface area contributed by atoms with Crippen LogP contribution in [-0.4, -0.2) is 261 Å². The number of hydrogen-bond acceptors (Lipinski definition) is 26. The largest absolute Gasteiger partial charge is 1.00 e. The molecule has 0 bridgehead atoms. The van der Waals surface area contributed by atoms with Gasteiger partial charge in [-0.15, -0.1) is 5.10 Å². The van der Waals surface area contributed by atoms with E-state index in [1.54, 1.807) is 0 Å². The Balaban J connectivity index is 0.0000141. The minimum absolute atomic E-state index is 0. The van der Waals surface area contributed by atoms with E-state index < -0.39 is 178 Å². The summed E-state index contributed by atoms with van der Waals surface area (Å²) in [6.45, 7) is 2.58. The van der Waals surface area contributed by atoms with Crippen LogP contribution >= 0.6 is 0 Å². The van der Waals surface area contributed by atoms with Crippen LogP contribution in [0.4, 0.5) is 0 Å². The van der Waals surface area contributed by atoms with Gasteiger partial charge < -0.3 is 115 Å². The number of aliphatic hydroxyl groups excluding tert-OH is 11. The quantitative estimate of drug-likeness (QED) is 0.0138. The van der Waals surface area contributed by atoms with E-state index in [0.29, 0.717) is 6.54 Å². The normalized spacial score (nSPS) is 35.4. The molecule has 460 valence electrons. The predicted molar refractivity (Wildman–Crippen MR) is 269 cm³/mol. The van der Waals surface area contributed by atoms with Gasteiger partial charge in [0.25, 0.3) is 11.7 Å². The van der Waals surface area contributed by atoms with E-state index in [1.165, 1.54) is 69.2 Å². The molecule has 4 fully saturated rings. The van der Waals surface area contributed by atoms with E-state index in [9.17, 15) is 80.8 Å². The van der Waals surface area contributed by atoms with E-state index in [-0.39, 0.29) is 48.4 Å². The molecule has 21 atom stereocenters. The number of amides is 2. The van der Waals surface area contributed by atoms with Crippen LogP contribution in [0.25, 0.3) is 0 Å². The Labute approximate surface area is 491 Å². The second-order valence-corrected chi connectivity index (χ2v) is 20.8. The first-order chi connectivity index (χ1) is 38.1. The molecule has 14 N–H and O–H groups in total. The SMILES string of the molecule is CCCCCCCCCCCCCCNC(=O)c1cn(CCO[C@@H]2O[C@H](CO)[C@@H](O[C@@H]3O[C@H](CO)[C@H](O)[C@H](O[C@]4(C(=O)O)C[C@H](O)[C@@H](N=C(C)[O-])[C@H]([C@H](O)[C@H](O)CO)O4)[C@H]3O)[C@H](O[C@@H]3O[C@@H](C)[C@@H](O)[C@@H](O)[C@@H]3O)[C@H]2NC(C)=O)nn1.[Na+]. The second kappa shape index (κ2) is 34.4. The number of nitrogens with one attached hydrogen (secondary N) is 2. The third kappa shape index (κ3) is 19.4. The topological polar surface area (TPSA) is 458 Å². The fourth-order valence-electron chi connectivity index (χ4n) is 10.1. The standard InChI is InChI=1S/C50H86N6O24.Na/c1-5-6-7-8-9-10-11-12-13-14-15-16-17-51-45(70)28-21-56(55-54-28)18-19-73-46-34(53-27(4)61)43(78-47-39(68)38(67)35(64)25(2)74-47)41(32(24-59)76-46)77-48-40(69)44(37(66)31(23-58)75-48)80-50(49(71)72)20-29(62)33(52-26(3)60)42(79-50)36(65)30(63)22-57;/h21,25,29-44,46-48,57-59,62-69H,5-20,22-24H2,1-4H3,(H,51,70)(H,52,60)(H,53,61)(H,71,72);/q;+1/p-1/t25-,29-,30+,31+,32+,33+,34+,35+,36+,37-,38+,39-,40+,41+,42+,43+,44-,46+,47-,48-,50-;/m0./s1. The van der Waals surface area contributed by atoms with Crippen molar-refractivity contribution in [2.75, 3.05) is 33.0 Å². The average molecular weight is 1180 g/mol. The van der Waals surface area contributed by atoms with Crippen LogP contribution in [0.15, 0.2) is 11.2 Å². The molecule has 4 aliphatic heterocycles. The van der Waals surface area contributed by atoms with Crippen LogP contribution in [-0.2, 0) is 54.0 Å². The van der Waals surface area contributed by atoms with Crippen LogP contribution in [0, 0.1) is 0 Å². The Morgan fingerprint density at radius 3 is 1.98 bits per heavy atom. The molecular formula is C50H85N6NaO24. The molecule has 0 radical (unpaired) electrons. The summed E-state index contributed by atoms with van der Waals surface area (Å²) in [5.41, 5.74) is 0.0307. The second-order valence-electron chi connectivity index (χ2n) is 20.8. The van der Waals surface area contributed by atoms with Crippen molar-refractivity contribution in [1.82, 2.24) is 25.6 Å². The Bertz CT molecular complexity index is 2070. The molecule has 30 nitrogen and oxygen atoms in total. The molecule has 5 heterocycles. The third-order valence-electron chi connectivity index (χ3n) is 14.5. The number of rotatable bonds is 32. The fraction of sp³-hybridized carbons (Fsp3) is 0.880. The minimum Gasteiger partial charge on any atom is -0.862 e. The number of aliphatic imine (C=N–C) groups is 1. The summed E-state index contributed by atoms with van der Waals surface area (Å²) in [5, 5.41) is 155. The Morgan fingerprint density at radius 2 is 1.40 bits per heavy atom. The Hall–Kier alpha value is -2.74. The first-order valence-electron chi connectivity index (χ1n) is 27.5. The maximum Gasteiger partial charge on any atom is 1.00 e. The predicted octanol–water partition coefficient (Wildman–Crippen LogP) is -7.83.